The van der Waals surface area contributed by atoms with Gasteiger partial charge in [-0.15, -0.1) is 0 Å². The predicted octanol–water partition coefficient (Wildman–Crippen LogP) is 2.06. The number of hydrogen-bond acceptors (Lipinski definition) is 6. The zero-order valence-electron chi connectivity index (χ0n) is 12.3. The Balaban J connectivity index is 2.51. The molecule has 0 spiro atoms. The summed E-state index contributed by atoms with van der Waals surface area (Å²) in [4.78, 5) is 15.1. The van der Waals surface area contributed by atoms with E-state index in [9.17, 15) is 15.2 Å². The number of aliphatic hydroxyl groups is 1. The Morgan fingerprint density at radius 1 is 1.52 bits per heavy atom. The molecule has 0 atom stereocenters. The standard InChI is InChI=1S/C12H17N5O3S/c1-7(2)16-11(10(17(19)20)8(3)14-16)21-12-13-5-9(6-18)15(12)4/h5,7,18H,6H2,1-4H3. The van der Waals surface area contributed by atoms with Gasteiger partial charge in [0.1, 0.15) is 5.69 Å². The molecule has 9 heteroatoms. The van der Waals surface area contributed by atoms with Gasteiger partial charge < -0.3 is 9.67 Å². The van der Waals surface area contributed by atoms with Crippen LogP contribution in [0, 0.1) is 17.0 Å². The molecular formula is C12H17N5O3S. The van der Waals surface area contributed by atoms with Crippen molar-refractivity contribution in [3.8, 4) is 0 Å². The summed E-state index contributed by atoms with van der Waals surface area (Å²) in [6.45, 7) is 5.32. The first-order chi connectivity index (χ1) is 9.86. The monoisotopic (exact) mass is 311 g/mol. The van der Waals surface area contributed by atoms with Crippen LogP contribution in [0.25, 0.3) is 0 Å². The highest BCUT2D eigenvalue weighted by Crippen LogP contribution is 2.37. The first kappa shape index (κ1) is 15.5. The summed E-state index contributed by atoms with van der Waals surface area (Å²) in [5.41, 5.74) is 1.03. The molecule has 0 aliphatic rings. The molecule has 0 amide bonds. The highest BCUT2D eigenvalue weighted by molar-refractivity contribution is 7.99. The van der Waals surface area contributed by atoms with Gasteiger partial charge in [0.15, 0.2) is 10.2 Å². The van der Waals surface area contributed by atoms with Crippen LogP contribution in [-0.4, -0.2) is 29.4 Å². The van der Waals surface area contributed by atoms with Gasteiger partial charge in [-0.2, -0.15) is 5.10 Å². The number of aliphatic hydroxyl groups excluding tert-OH is 1. The number of aromatic nitrogens is 4. The summed E-state index contributed by atoms with van der Waals surface area (Å²) in [6.07, 6.45) is 1.55. The van der Waals surface area contributed by atoms with Crippen LogP contribution in [0.2, 0.25) is 0 Å². The SMILES string of the molecule is Cc1nn(C(C)C)c(Sc2ncc(CO)n2C)c1[N+](=O)[O-]. The minimum Gasteiger partial charge on any atom is -0.390 e. The summed E-state index contributed by atoms with van der Waals surface area (Å²) in [5.74, 6) is 0. The maximum atomic E-state index is 11.3. The van der Waals surface area contributed by atoms with Crippen LogP contribution in [0.3, 0.4) is 0 Å². The molecule has 114 valence electrons. The maximum Gasteiger partial charge on any atom is 0.324 e. The second kappa shape index (κ2) is 5.86. The van der Waals surface area contributed by atoms with Gasteiger partial charge in [-0.05, 0) is 32.5 Å². The summed E-state index contributed by atoms with van der Waals surface area (Å²) in [5, 5.41) is 25.8. The molecule has 0 radical (unpaired) electrons. The molecule has 0 unspecified atom stereocenters. The summed E-state index contributed by atoms with van der Waals surface area (Å²) in [6, 6.07) is -0.00233. The van der Waals surface area contributed by atoms with Gasteiger partial charge >= 0.3 is 5.69 Å². The van der Waals surface area contributed by atoms with E-state index in [1.807, 2.05) is 13.8 Å². The largest absolute Gasteiger partial charge is 0.390 e. The van der Waals surface area contributed by atoms with Crippen LogP contribution in [0.5, 0.6) is 0 Å². The van der Waals surface area contributed by atoms with Crippen LogP contribution < -0.4 is 0 Å². The third-order valence-electron chi connectivity index (χ3n) is 3.07. The lowest BCUT2D eigenvalue weighted by Gasteiger charge is -2.09. The van der Waals surface area contributed by atoms with E-state index in [1.54, 1.807) is 29.4 Å². The van der Waals surface area contributed by atoms with E-state index in [1.165, 1.54) is 11.8 Å². The minimum absolute atomic E-state index is 0.00208. The molecule has 1 N–H and O–H groups in total. The van der Waals surface area contributed by atoms with Gasteiger partial charge in [-0.1, -0.05) is 0 Å². The normalized spacial score (nSPS) is 11.3. The minimum atomic E-state index is -0.417. The van der Waals surface area contributed by atoms with E-state index in [2.05, 4.69) is 10.1 Å². The molecule has 0 fully saturated rings. The molecule has 2 aromatic rings. The lowest BCUT2D eigenvalue weighted by molar-refractivity contribution is -0.388. The molecule has 0 saturated carbocycles. The molecule has 2 rings (SSSR count). The molecular weight excluding hydrogens is 294 g/mol. The third kappa shape index (κ3) is 2.79. The van der Waals surface area contributed by atoms with E-state index in [-0.39, 0.29) is 18.3 Å². The smallest absolute Gasteiger partial charge is 0.324 e. The maximum absolute atomic E-state index is 11.3. The topological polar surface area (TPSA) is 99.0 Å². The Labute approximate surface area is 125 Å². The van der Waals surface area contributed by atoms with E-state index < -0.39 is 4.92 Å². The fraction of sp³-hybridized carbons (Fsp3) is 0.500. The second-order valence-electron chi connectivity index (χ2n) is 4.89. The van der Waals surface area contributed by atoms with Crippen LogP contribution in [0.1, 0.15) is 31.3 Å². The van der Waals surface area contributed by atoms with Crippen molar-refractivity contribution in [2.24, 2.45) is 7.05 Å². The van der Waals surface area contributed by atoms with E-state index in [0.717, 1.165) is 0 Å². The fourth-order valence-electron chi connectivity index (χ4n) is 1.93. The van der Waals surface area contributed by atoms with Gasteiger partial charge in [-0.25, -0.2) is 9.67 Å². The van der Waals surface area contributed by atoms with E-state index in [4.69, 9.17) is 0 Å². The average molecular weight is 311 g/mol. The Morgan fingerprint density at radius 2 is 2.19 bits per heavy atom. The van der Waals surface area contributed by atoms with Crippen molar-refractivity contribution in [3.63, 3.8) is 0 Å². The number of nitrogens with zero attached hydrogens (tertiary/aromatic N) is 5. The van der Waals surface area contributed by atoms with Crippen LogP contribution in [0.4, 0.5) is 5.69 Å². The summed E-state index contributed by atoms with van der Waals surface area (Å²) >= 11 is 1.18. The van der Waals surface area contributed by atoms with Crippen LogP contribution in [0.15, 0.2) is 16.4 Å². The number of aryl methyl sites for hydroxylation is 1. The summed E-state index contributed by atoms with van der Waals surface area (Å²) in [7, 11) is 1.76. The quantitative estimate of drug-likeness (QED) is 0.670. The Bertz CT molecular complexity index is 677. The average Bonchev–Trinajstić information content (AvgIpc) is 2.91. The van der Waals surface area contributed by atoms with Crippen molar-refractivity contribution in [2.45, 2.75) is 43.6 Å². The fourth-order valence-corrected chi connectivity index (χ4v) is 3.12. The van der Waals surface area contributed by atoms with Crippen LogP contribution >= 0.6 is 11.8 Å². The predicted molar refractivity (Wildman–Crippen MR) is 77.3 cm³/mol. The molecule has 2 aromatic heterocycles. The van der Waals surface area contributed by atoms with Crippen molar-refractivity contribution in [1.82, 2.24) is 19.3 Å². The van der Waals surface area contributed by atoms with Gasteiger partial charge in [0.25, 0.3) is 0 Å². The molecule has 0 aliphatic heterocycles. The highest BCUT2D eigenvalue weighted by Gasteiger charge is 2.28. The van der Waals surface area contributed by atoms with Crippen molar-refractivity contribution in [1.29, 1.82) is 0 Å². The molecule has 0 aromatic carbocycles. The zero-order chi connectivity index (χ0) is 15.7. The molecule has 2 heterocycles. The number of imidazole rings is 1. The van der Waals surface area contributed by atoms with Crippen LogP contribution in [-0.2, 0) is 13.7 Å². The Kier molecular flexibility index (Phi) is 4.33. The van der Waals surface area contributed by atoms with Gasteiger partial charge in [0, 0.05) is 13.1 Å². The number of rotatable bonds is 5. The molecule has 8 nitrogen and oxygen atoms in total. The second-order valence-corrected chi connectivity index (χ2v) is 5.84. The molecule has 21 heavy (non-hydrogen) atoms. The first-order valence-corrected chi connectivity index (χ1v) is 7.21. The molecule has 0 bridgehead atoms. The third-order valence-corrected chi connectivity index (χ3v) is 4.21. The summed E-state index contributed by atoms with van der Waals surface area (Å²) < 4.78 is 3.34. The molecule has 0 aliphatic carbocycles. The van der Waals surface area contributed by atoms with Crippen molar-refractivity contribution in [2.75, 3.05) is 0 Å². The number of nitro groups is 1. The highest BCUT2D eigenvalue weighted by atomic mass is 32.2. The van der Waals surface area contributed by atoms with E-state index in [0.29, 0.717) is 21.6 Å². The Morgan fingerprint density at radius 3 is 2.67 bits per heavy atom. The number of hydrogen-bond donors (Lipinski definition) is 1. The van der Waals surface area contributed by atoms with Crippen molar-refractivity contribution >= 4 is 17.4 Å². The molecule has 0 saturated heterocycles. The van der Waals surface area contributed by atoms with Gasteiger partial charge in [0.2, 0.25) is 0 Å². The van der Waals surface area contributed by atoms with Crippen molar-refractivity contribution < 1.29 is 10.0 Å². The van der Waals surface area contributed by atoms with Gasteiger partial charge in [-0.3, -0.25) is 10.1 Å². The lowest BCUT2D eigenvalue weighted by atomic mass is 10.4. The first-order valence-electron chi connectivity index (χ1n) is 6.39. The van der Waals surface area contributed by atoms with E-state index >= 15 is 0 Å². The van der Waals surface area contributed by atoms with Gasteiger partial charge in [0.05, 0.1) is 23.4 Å². The lowest BCUT2D eigenvalue weighted by Crippen LogP contribution is -2.06. The van der Waals surface area contributed by atoms with Crippen molar-refractivity contribution in [3.05, 3.63) is 27.7 Å². The Hall–Kier alpha value is -1.87. The zero-order valence-corrected chi connectivity index (χ0v) is 13.1.